The summed E-state index contributed by atoms with van der Waals surface area (Å²) >= 11 is 0. The maximum Gasteiger partial charge on any atom is 0.286 e. The highest BCUT2D eigenvalue weighted by Crippen LogP contribution is 2.16. The molecule has 0 aliphatic rings. The van der Waals surface area contributed by atoms with Crippen molar-refractivity contribution in [1.29, 1.82) is 0 Å². The second-order valence-electron chi connectivity index (χ2n) is 5.68. The number of hydrogen-bond donors (Lipinski definition) is 2. The van der Waals surface area contributed by atoms with Crippen molar-refractivity contribution < 1.29 is 14.0 Å². The Hall–Kier alpha value is -3.35. The van der Waals surface area contributed by atoms with E-state index in [0.29, 0.717) is 19.5 Å². The molecule has 2 heterocycles. The summed E-state index contributed by atoms with van der Waals surface area (Å²) in [6.45, 7) is 4.56. The van der Waals surface area contributed by atoms with E-state index in [1.54, 1.807) is 18.2 Å². The number of imidazole rings is 1. The van der Waals surface area contributed by atoms with Gasteiger partial charge in [-0.25, -0.2) is 4.98 Å². The van der Waals surface area contributed by atoms with Crippen LogP contribution in [0.25, 0.3) is 11.0 Å². The molecule has 3 rings (SSSR count). The van der Waals surface area contributed by atoms with Crippen LogP contribution >= 0.6 is 0 Å². The average Bonchev–Trinajstić information content (AvgIpc) is 3.29. The van der Waals surface area contributed by atoms with Gasteiger partial charge in [0, 0.05) is 19.5 Å². The van der Waals surface area contributed by atoms with Crippen molar-refractivity contribution in [1.82, 2.24) is 20.2 Å². The number of nitrogens with one attached hydrogen (secondary N) is 2. The third kappa shape index (κ3) is 4.00. The lowest BCUT2D eigenvalue weighted by Crippen LogP contribution is -2.29. The van der Waals surface area contributed by atoms with E-state index in [2.05, 4.69) is 22.2 Å². The van der Waals surface area contributed by atoms with Gasteiger partial charge in [-0.05, 0) is 24.3 Å². The number of fused-ring (bicyclic) bond motifs is 1. The van der Waals surface area contributed by atoms with E-state index in [-0.39, 0.29) is 24.1 Å². The minimum absolute atomic E-state index is 0.117. The number of benzene rings is 1. The Labute approximate surface area is 150 Å². The molecule has 2 aromatic heterocycles. The molecule has 2 amide bonds. The zero-order valence-corrected chi connectivity index (χ0v) is 14.3. The largest absolute Gasteiger partial charge is 0.459 e. The van der Waals surface area contributed by atoms with Gasteiger partial charge in [0.1, 0.15) is 12.4 Å². The predicted octanol–water partition coefficient (Wildman–Crippen LogP) is 1.90. The molecule has 7 heteroatoms. The summed E-state index contributed by atoms with van der Waals surface area (Å²) in [5.41, 5.74) is 1.70. The standard InChI is InChI=1S/C19H20N4O3/c1-2-10-20-18(24)13-23-15-7-4-3-6-14(15)22-17(23)9-11-21-19(25)16-8-5-12-26-16/h2-8,12H,1,9-11,13H2,(H,20,24)(H,21,25). The van der Waals surface area contributed by atoms with Gasteiger partial charge < -0.3 is 19.6 Å². The maximum absolute atomic E-state index is 12.1. The molecule has 1 aromatic carbocycles. The minimum atomic E-state index is -0.276. The van der Waals surface area contributed by atoms with Gasteiger partial charge in [-0.3, -0.25) is 9.59 Å². The monoisotopic (exact) mass is 352 g/mol. The second-order valence-corrected chi connectivity index (χ2v) is 5.68. The van der Waals surface area contributed by atoms with Gasteiger partial charge in [0.2, 0.25) is 5.91 Å². The number of rotatable bonds is 8. The van der Waals surface area contributed by atoms with Crippen LogP contribution in [0.15, 0.2) is 59.7 Å². The Morgan fingerprint density at radius 3 is 2.81 bits per heavy atom. The number of carbonyl (C=O) groups excluding carboxylic acids is 2. The number of amides is 2. The van der Waals surface area contributed by atoms with Crippen LogP contribution in [0.5, 0.6) is 0 Å². The van der Waals surface area contributed by atoms with E-state index in [4.69, 9.17) is 4.42 Å². The number of para-hydroxylation sites is 2. The molecule has 2 N–H and O–H groups in total. The van der Waals surface area contributed by atoms with Crippen LogP contribution in [0.3, 0.4) is 0 Å². The van der Waals surface area contributed by atoms with Gasteiger partial charge in [0.05, 0.1) is 17.3 Å². The lowest BCUT2D eigenvalue weighted by atomic mass is 10.3. The molecule has 0 bridgehead atoms. The van der Waals surface area contributed by atoms with Crippen LogP contribution in [0.2, 0.25) is 0 Å². The molecular formula is C19H20N4O3. The SMILES string of the molecule is C=CCNC(=O)Cn1c(CCNC(=O)c2ccco2)nc2ccccc21. The van der Waals surface area contributed by atoms with E-state index in [9.17, 15) is 9.59 Å². The molecule has 0 aliphatic carbocycles. The van der Waals surface area contributed by atoms with Gasteiger partial charge in [0.25, 0.3) is 5.91 Å². The molecule has 0 radical (unpaired) electrons. The van der Waals surface area contributed by atoms with Crippen molar-refractivity contribution in [2.45, 2.75) is 13.0 Å². The van der Waals surface area contributed by atoms with Crippen molar-refractivity contribution >= 4 is 22.8 Å². The second kappa shape index (κ2) is 8.15. The van der Waals surface area contributed by atoms with Crippen molar-refractivity contribution in [3.63, 3.8) is 0 Å². The Kier molecular flexibility index (Phi) is 5.48. The van der Waals surface area contributed by atoms with Crippen molar-refractivity contribution in [2.75, 3.05) is 13.1 Å². The summed E-state index contributed by atoms with van der Waals surface area (Å²) in [5, 5.41) is 5.56. The van der Waals surface area contributed by atoms with Gasteiger partial charge in [-0.1, -0.05) is 18.2 Å². The Bertz CT molecular complexity index is 912. The molecule has 0 atom stereocenters. The van der Waals surface area contributed by atoms with E-state index in [1.165, 1.54) is 6.26 Å². The molecule has 26 heavy (non-hydrogen) atoms. The highest BCUT2D eigenvalue weighted by Gasteiger charge is 2.14. The van der Waals surface area contributed by atoms with E-state index in [0.717, 1.165) is 16.9 Å². The predicted molar refractivity (Wildman–Crippen MR) is 97.7 cm³/mol. The quantitative estimate of drug-likeness (QED) is 0.606. The van der Waals surface area contributed by atoms with Crippen LogP contribution in [-0.4, -0.2) is 34.5 Å². The fourth-order valence-corrected chi connectivity index (χ4v) is 2.66. The van der Waals surface area contributed by atoms with Crippen molar-refractivity contribution in [3.8, 4) is 0 Å². The number of nitrogens with zero attached hydrogens (tertiary/aromatic N) is 2. The van der Waals surface area contributed by atoms with Gasteiger partial charge in [0.15, 0.2) is 5.76 Å². The third-order valence-electron chi connectivity index (χ3n) is 3.86. The summed E-state index contributed by atoms with van der Waals surface area (Å²) in [4.78, 5) is 28.7. The Morgan fingerprint density at radius 2 is 2.04 bits per heavy atom. The third-order valence-corrected chi connectivity index (χ3v) is 3.86. The van der Waals surface area contributed by atoms with Crippen LogP contribution < -0.4 is 10.6 Å². The molecule has 134 valence electrons. The topological polar surface area (TPSA) is 89.2 Å². The summed E-state index contributed by atoms with van der Waals surface area (Å²) in [7, 11) is 0. The fraction of sp³-hybridized carbons (Fsp3) is 0.211. The van der Waals surface area contributed by atoms with Crippen LogP contribution in [0, 0.1) is 0 Å². The van der Waals surface area contributed by atoms with E-state index < -0.39 is 0 Å². The lowest BCUT2D eigenvalue weighted by molar-refractivity contribution is -0.121. The first-order valence-electron chi connectivity index (χ1n) is 8.32. The van der Waals surface area contributed by atoms with Crippen LogP contribution in [0.4, 0.5) is 0 Å². The molecule has 0 saturated carbocycles. The molecule has 0 aliphatic heterocycles. The normalized spacial score (nSPS) is 10.6. The van der Waals surface area contributed by atoms with Gasteiger partial charge in [-0.15, -0.1) is 6.58 Å². The van der Waals surface area contributed by atoms with Gasteiger partial charge >= 0.3 is 0 Å². The molecular weight excluding hydrogens is 332 g/mol. The molecule has 7 nitrogen and oxygen atoms in total. The lowest BCUT2D eigenvalue weighted by Gasteiger charge is -2.09. The summed E-state index contributed by atoms with van der Waals surface area (Å²) in [5.74, 6) is 0.609. The smallest absolute Gasteiger partial charge is 0.286 e. The maximum atomic E-state index is 12.1. The summed E-state index contributed by atoms with van der Waals surface area (Å²) in [6, 6.07) is 10.9. The molecule has 0 unspecified atom stereocenters. The number of carbonyl (C=O) groups is 2. The Balaban J connectivity index is 1.72. The highest BCUT2D eigenvalue weighted by atomic mass is 16.3. The van der Waals surface area contributed by atoms with Crippen molar-refractivity contribution in [2.24, 2.45) is 0 Å². The number of aromatic nitrogens is 2. The van der Waals surface area contributed by atoms with Crippen LogP contribution in [-0.2, 0) is 17.8 Å². The minimum Gasteiger partial charge on any atom is -0.459 e. The van der Waals surface area contributed by atoms with Crippen molar-refractivity contribution in [3.05, 3.63) is 66.9 Å². The first-order valence-corrected chi connectivity index (χ1v) is 8.32. The first-order chi connectivity index (χ1) is 12.7. The molecule has 0 spiro atoms. The first kappa shape index (κ1) is 17.5. The molecule has 0 fully saturated rings. The Morgan fingerprint density at radius 1 is 1.19 bits per heavy atom. The van der Waals surface area contributed by atoms with Crippen LogP contribution in [0.1, 0.15) is 16.4 Å². The molecule has 0 saturated heterocycles. The fourth-order valence-electron chi connectivity index (χ4n) is 2.66. The average molecular weight is 352 g/mol. The summed E-state index contributed by atoms with van der Waals surface area (Å²) < 4.78 is 6.93. The summed E-state index contributed by atoms with van der Waals surface area (Å²) in [6.07, 6.45) is 3.58. The highest BCUT2D eigenvalue weighted by molar-refractivity contribution is 5.91. The van der Waals surface area contributed by atoms with Gasteiger partial charge in [-0.2, -0.15) is 0 Å². The molecule has 3 aromatic rings. The van der Waals surface area contributed by atoms with E-state index in [1.807, 2.05) is 28.8 Å². The zero-order valence-electron chi connectivity index (χ0n) is 14.3. The number of hydrogen-bond acceptors (Lipinski definition) is 4. The van der Waals surface area contributed by atoms with E-state index >= 15 is 0 Å². The number of furan rings is 1. The zero-order chi connectivity index (χ0) is 18.4.